The lowest BCUT2D eigenvalue weighted by Crippen LogP contribution is -2.14. The van der Waals surface area contributed by atoms with Gasteiger partial charge in [0.2, 0.25) is 5.82 Å². The Hall–Kier alpha value is -2.46. The first-order valence-corrected chi connectivity index (χ1v) is 6.13. The summed E-state index contributed by atoms with van der Waals surface area (Å²) in [4.78, 5) is 0. The minimum Gasteiger partial charge on any atom is -0.434 e. The molecule has 0 aliphatic rings. The highest BCUT2D eigenvalue weighted by Crippen LogP contribution is 2.45. The van der Waals surface area contributed by atoms with E-state index in [0.717, 1.165) is 0 Å². The fraction of sp³-hybridized carbons (Fsp3) is 0.143. The molecule has 11 heteroatoms. The van der Waals surface area contributed by atoms with E-state index in [0.29, 0.717) is 18.2 Å². The first-order chi connectivity index (χ1) is 11.5. The molecule has 0 atom stereocenters. The summed E-state index contributed by atoms with van der Waals surface area (Å²) >= 11 is 0. The van der Waals surface area contributed by atoms with E-state index in [1.165, 1.54) is 0 Å². The van der Waals surface area contributed by atoms with Gasteiger partial charge in [0.05, 0.1) is 5.56 Å². The van der Waals surface area contributed by atoms with Crippen LogP contribution >= 0.6 is 0 Å². The number of benzene rings is 2. The normalized spacial score (nSPS) is 12.0. The van der Waals surface area contributed by atoms with Crippen molar-refractivity contribution in [3.8, 4) is 16.9 Å². The van der Waals surface area contributed by atoms with Crippen molar-refractivity contribution in [2.75, 3.05) is 0 Å². The lowest BCUT2D eigenvalue weighted by molar-refractivity contribution is -0.141. The quantitative estimate of drug-likeness (QED) is 0.380. The van der Waals surface area contributed by atoms with E-state index < -0.39 is 64.3 Å². The molecule has 0 aromatic heterocycles. The van der Waals surface area contributed by atoms with Crippen LogP contribution in [0.1, 0.15) is 5.56 Å². The van der Waals surface area contributed by atoms with Gasteiger partial charge in [0, 0.05) is 5.56 Å². The third-order valence-corrected chi connectivity index (χ3v) is 3.00. The Morgan fingerprint density at radius 3 is 1.68 bits per heavy atom. The molecule has 0 saturated heterocycles. The SMILES string of the molecule is Fc1c(F)c(F)c(-c2cccc(OC(F)F)c2C(F)(F)F)c(F)c1F. The Balaban J connectivity index is 2.90. The molecule has 0 unspecified atom stereocenters. The van der Waals surface area contributed by atoms with Gasteiger partial charge in [0.15, 0.2) is 23.3 Å². The van der Waals surface area contributed by atoms with Crippen molar-refractivity contribution < 1.29 is 48.6 Å². The van der Waals surface area contributed by atoms with Crippen molar-refractivity contribution in [2.24, 2.45) is 0 Å². The predicted octanol–water partition coefficient (Wildman–Crippen LogP) is 5.67. The van der Waals surface area contributed by atoms with Gasteiger partial charge in [-0.3, -0.25) is 0 Å². The van der Waals surface area contributed by atoms with E-state index in [1.807, 2.05) is 0 Å². The molecule has 0 saturated carbocycles. The minimum absolute atomic E-state index is 0.361. The molecule has 2 aromatic carbocycles. The maximum absolute atomic E-state index is 13.8. The molecular weight excluding hydrogens is 374 g/mol. The topological polar surface area (TPSA) is 9.23 Å². The molecule has 0 aliphatic carbocycles. The molecule has 2 aromatic rings. The van der Waals surface area contributed by atoms with Crippen molar-refractivity contribution in [2.45, 2.75) is 12.8 Å². The van der Waals surface area contributed by atoms with Gasteiger partial charge < -0.3 is 4.74 Å². The summed E-state index contributed by atoms with van der Waals surface area (Å²) in [6, 6.07) is 1.39. The molecule has 0 heterocycles. The molecule has 0 aliphatic heterocycles. The number of halogens is 10. The second-order valence-corrected chi connectivity index (χ2v) is 4.50. The fourth-order valence-electron chi connectivity index (χ4n) is 2.07. The second kappa shape index (κ2) is 6.45. The molecule has 0 spiro atoms. The van der Waals surface area contributed by atoms with Crippen LogP contribution in [0.25, 0.3) is 11.1 Å². The van der Waals surface area contributed by atoms with Gasteiger partial charge in [-0.25, -0.2) is 22.0 Å². The van der Waals surface area contributed by atoms with Gasteiger partial charge in [-0.2, -0.15) is 22.0 Å². The average molecular weight is 378 g/mol. The van der Waals surface area contributed by atoms with Crippen molar-refractivity contribution in [3.05, 3.63) is 52.8 Å². The number of ether oxygens (including phenoxy) is 1. The number of rotatable bonds is 3. The Labute approximate surface area is 132 Å². The van der Waals surface area contributed by atoms with E-state index in [2.05, 4.69) is 4.74 Å². The maximum Gasteiger partial charge on any atom is 0.420 e. The van der Waals surface area contributed by atoms with E-state index in [9.17, 15) is 43.9 Å². The van der Waals surface area contributed by atoms with Gasteiger partial charge in [-0.05, 0) is 6.07 Å². The smallest absolute Gasteiger partial charge is 0.420 e. The van der Waals surface area contributed by atoms with Crippen LogP contribution in [0.4, 0.5) is 43.9 Å². The average Bonchev–Trinajstić information content (AvgIpc) is 2.49. The first-order valence-electron chi connectivity index (χ1n) is 6.13. The fourth-order valence-corrected chi connectivity index (χ4v) is 2.07. The number of hydrogen-bond donors (Lipinski definition) is 0. The van der Waals surface area contributed by atoms with E-state index in [1.54, 1.807) is 0 Å². The van der Waals surface area contributed by atoms with E-state index in [-0.39, 0.29) is 0 Å². The summed E-state index contributed by atoms with van der Waals surface area (Å²) in [5, 5.41) is 0. The predicted molar refractivity (Wildman–Crippen MR) is 63.3 cm³/mol. The van der Waals surface area contributed by atoms with Crippen LogP contribution in [0.15, 0.2) is 18.2 Å². The molecule has 0 N–H and O–H groups in total. The highest BCUT2D eigenvalue weighted by Gasteiger charge is 2.40. The number of hydrogen-bond acceptors (Lipinski definition) is 1. The zero-order valence-corrected chi connectivity index (χ0v) is 11.5. The van der Waals surface area contributed by atoms with Gasteiger partial charge in [-0.15, -0.1) is 0 Å². The van der Waals surface area contributed by atoms with E-state index in [4.69, 9.17) is 0 Å². The van der Waals surface area contributed by atoms with Gasteiger partial charge in [0.25, 0.3) is 0 Å². The highest BCUT2D eigenvalue weighted by molar-refractivity contribution is 5.72. The van der Waals surface area contributed by atoms with Crippen LogP contribution in [0.3, 0.4) is 0 Å². The first kappa shape index (κ1) is 18.9. The lowest BCUT2D eigenvalue weighted by Gasteiger charge is -2.18. The van der Waals surface area contributed by atoms with Crippen molar-refractivity contribution in [3.63, 3.8) is 0 Å². The Morgan fingerprint density at radius 1 is 0.760 bits per heavy atom. The van der Waals surface area contributed by atoms with Crippen molar-refractivity contribution in [1.82, 2.24) is 0 Å². The van der Waals surface area contributed by atoms with Crippen molar-refractivity contribution >= 4 is 0 Å². The molecule has 0 amide bonds. The van der Waals surface area contributed by atoms with Crippen LogP contribution in [0.5, 0.6) is 5.75 Å². The van der Waals surface area contributed by atoms with E-state index >= 15 is 0 Å². The third kappa shape index (κ3) is 3.35. The lowest BCUT2D eigenvalue weighted by atomic mass is 9.96. The van der Waals surface area contributed by atoms with Crippen molar-refractivity contribution in [1.29, 1.82) is 0 Å². The molecule has 0 fully saturated rings. The van der Waals surface area contributed by atoms with Crippen LogP contribution < -0.4 is 4.74 Å². The summed E-state index contributed by atoms with van der Waals surface area (Å²) in [6.45, 7) is -3.73. The largest absolute Gasteiger partial charge is 0.434 e. The summed E-state index contributed by atoms with van der Waals surface area (Å²) in [5.41, 5.74) is -5.57. The van der Waals surface area contributed by atoms with Gasteiger partial charge >= 0.3 is 12.8 Å². The number of alkyl halides is 5. The summed E-state index contributed by atoms with van der Waals surface area (Å²) in [5.74, 6) is -14.2. The Bertz CT molecular complexity index is 783. The Kier molecular flexibility index (Phi) is 4.87. The van der Waals surface area contributed by atoms with Crippen LogP contribution in [-0.4, -0.2) is 6.61 Å². The maximum atomic E-state index is 13.8. The zero-order chi connectivity index (χ0) is 19.1. The zero-order valence-electron chi connectivity index (χ0n) is 11.5. The highest BCUT2D eigenvalue weighted by atomic mass is 19.4. The molecule has 1 nitrogen and oxygen atoms in total. The Morgan fingerprint density at radius 2 is 1.24 bits per heavy atom. The molecular formula is C14H4F10O. The minimum atomic E-state index is -5.50. The van der Waals surface area contributed by atoms with Crippen LogP contribution in [0.2, 0.25) is 0 Å². The monoisotopic (exact) mass is 378 g/mol. The van der Waals surface area contributed by atoms with Crippen LogP contribution in [0, 0.1) is 29.1 Å². The molecule has 2 rings (SSSR count). The summed E-state index contributed by atoms with van der Waals surface area (Å²) < 4.78 is 135. The second-order valence-electron chi connectivity index (χ2n) is 4.50. The third-order valence-electron chi connectivity index (χ3n) is 3.00. The van der Waals surface area contributed by atoms with Crippen LogP contribution in [-0.2, 0) is 6.18 Å². The molecule has 136 valence electrons. The van der Waals surface area contributed by atoms with Gasteiger partial charge in [-0.1, -0.05) is 12.1 Å². The standard InChI is InChI=1S/C14H4F10O/c15-8-6(9(16)11(18)12(19)10(8)17)4-2-1-3-5(25-13(20)21)7(4)14(22,23)24/h1-3,13H. The molecule has 0 bridgehead atoms. The molecule has 0 radical (unpaired) electrons. The summed E-state index contributed by atoms with van der Waals surface area (Å²) in [6.07, 6.45) is -5.50. The molecule has 25 heavy (non-hydrogen) atoms. The van der Waals surface area contributed by atoms with Gasteiger partial charge in [0.1, 0.15) is 11.3 Å². The summed E-state index contributed by atoms with van der Waals surface area (Å²) in [7, 11) is 0.